The Labute approximate surface area is 119 Å². The fourth-order valence-electron chi connectivity index (χ4n) is 2.86. The Morgan fingerprint density at radius 1 is 1.45 bits per heavy atom. The smallest absolute Gasteiger partial charge is 0.329 e. The van der Waals surface area contributed by atoms with Crippen molar-refractivity contribution in [2.75, 3.05) is 33.4 Å². The molecule has 0 bridgehead atoms. The molecular weight excluding hydrogens is 260 g/mol. The van der Waals surface area contributed by atoms with Gasteiger partial charge in [-0.15, -0.1) is 0 Å². The number of hydrogen-bond donors (Lipinski definition) is 1. The first-order valence-electron chi connectivity index (χ1n) is 6.96. The molecule has 1 atom stereocenters. The van der Waals surface area contributed by atoms with Crippen molar-refractivity contribution in [1.82, 2.24) is 9.80 Å². The summed E-state index contributed by atoms with van der Waals surface area (Å²) in [5.74, 6) is -0.920. The Kier molecular flexibility index (Phi) is 4.32. The Morgan fingerprint density at radius 3 is 2.75 bits per heavy atom. The molecule has 0 aromatic carbocycles. The molecule has 2 heterocycles. The number of methoxy groups -OCH3 is 1. The summed E-state index contributed by atoms with van der Waals surface area (Å²) in [6.07, 6.45) is 4.05. The minimum Gasteiger partial charge on any atom is -0.480 e. The van der Waals surface area contributed by atoms with Crippen LogP contribution in [0.3, 0.4) is 0 Å². The number of carbonyl (C=O) groups is 2. The highest BCUT2D eigenvalue weighted by Crippen LogP contribution is 2.30. The summed E-state index contributed by atoms with van der Waals surface area (Å²) in [5.41, 5.74) is 0.132. The largest absolute Gasteiger partial charge is 0.480 e. The molecule has 2 rings (SSSR count). The Bertz CT molecular complexity index is 435. The van der Waals surface area contributed by atoms with Crippen LogP contribution in [0.5, 0.6) is 0 Å². The van der Waals surface area contributed by atoms with Gasteiger partial charge >= 0.3 is 12.0 Å². The zero-order chi connectivity index (χ0) is 14.8. The number of nitrogens with zero attached hydrogens (tertiary/aromatic N) is 2. The molecule has 0 aromatic rings. The Balaban J connectivity index is 2.04. The Hall–Kier alpha value is -1.56. The van der Waals surface area contributed by atoms with Crippen LogP contribution in [0.2, 0.25) is 0 Å². The van der Waals surface area contributed by atoms with E-state index >= 15 is 0 Å². The molecule has 2 aliphatic heterocycles. The van der Waals surface area contributed by atoms with Gasteiger partial charge in [-0.1, -0.05) is 6.08 Å². The van der Waals surface area contributed by atoms with E-state index in [4.69, 9.17) is 4.74 Å². The molecule has 20 heavy (non-hydrogen) atoms. The van der Waals surface area contributed by atoms with Gasteiger partial charge in [0, 0.05) is 26.7 Å². The van der Waals surface area contributed by atoms with Gasteiger partial charge in [-0.2, -0.15) is 0 Å². The van der Waals surface area contributed by atoms with Gasteiger partial charge in [0.1, 0.15) is 5.54 Å². The molecule has 1 saturated heterocycles. The first-order chi connectivity index (χ1) is 9.49. The standard InChI is InChI=1S/C14H22N2O4/c1-14(12(17)18)6-3-7-16(14)13(19)15-8-4-11(5-9-15)10-20-2/h4H,3,5-10H2,1-2H3,(H,17,18). The van der Waals surface area contributed by atoms with Gasteiger partial charge in [-0.25, -0.2) is 9.59 Å². The van der Waals surface area contributed by atoms with Crippen LogP contribution in [-0.4, -0.2) is 65.8 Å². The fourth-order valence-corrected chi connectivity index (χ4v) is 2.86. The van der Waals surface area contributed by atoms with Crippen LogP contribution in [0.15, 0.2) is 11.6 Å². The van der Waals surface area contributed by atoms with Crippen molar-refractivity contribution in [1.29, 1.82) is 0 Å². The van der Waals surface area contributed by atoms with Crippen molar-refractivity contribution in [3.8, 4) is 0 Å². The third kappa shape index (κ3) is 2.65. The molecule has 0 spiro atoms. The van der Waals surface area contributed by atoms with Crippen LogP contribution < -0.4 is 0 Å². The molecule has 2 aliphatic rings. The molecule has 0 aliphatic carbocycles. The van der Waals surface area contributed by atoms with Crippen molar-refractivity contribution >= 4 is 12.0 Å². The summed E-state index contributed by atoms with van der Waals surface area (Å²) in [6, 6.07) is -0.167. The van der Waals surface area contributed by atoms with Crippen LogP contribution in [-0.2, 0) is 9.53 Å². The maximum atomic E-state index is 12.5. The van der Waals surface area contributed by atoms with E-state index in [0.717, 1.165) is 12.8 Å². The van der Waals surface area contributed by atoms with E-state index in [1.807, 2.05) is 6.08 Å². The molecule has 2 amide bonds. The van der Waals surface area contributed by atoms with Gasteiger partial charge < -0.3 is 19.6 Å². The number of aliphatic carboxylic acids is 1. The van der Waals surface area contributed by atoms with Crippen LogP contribution in [0.25, 0.3) is 0 Å². The van der Waals surface area contributed by atoms with Crippen molar-refractivity contribution in [3.63, 3.8) is 0 Å². The first kappa shape index (κ1) is 14.8. The number of likely N-dealkylation sites (tertiary alicyclic amines) is 1. The van der Waals surface area contributed by atoms with Gasteiger partial charge in [-0.05, 0) is 31.8 Å². The summed E-state index contributed by atoms with van der Waals surface area (Å²) < 4.78 is 5.08. The summed E-state index contributed by atoms with van der Waals surface area (Å²) in [5, 5.41) is 9.36. The number of carbonyl (C=O) groups excluding carboxylic acids is 1. The molecule has 6 nitrogen and oxygen atoms in total. The number of carboxylic acids is 1. The van der Waals surface area contributed by atoms with Gasteiger partial charge in [-0.3, -0.25) is 0 Å². The predicted molar refractivity (Wildman–Crippen MR) is 73.5 cm³/mol. The molecule has 112 valence electrons. The topological polar surface area (TPSA) is 70.1 Å². The van der Waals surface area contributed by atoms with E-state index < -0.39 is 11.5 Å². The molecule has 0 aromatic heterocycles. The van der Waals surface area contributed by atoms with Gasteiger partial charge in [0.2, 0.25) is 0 Å². The second-order valence-corrected chi connectivity index (χ2v) is 5.61. The summed E-state index contributed by atoms with van der Waals surface area (Å²) in [7, 11) is 1.65. The number of urea groups is 1. The van der Waals surface area contributed by atoms with E-state index in [1.165, 1.54) is 10.5 Å². The number of ether oxygens (including phenoxy) is 1. The fraction of sp³-hybridized carbons (Fsp3) is 0.714. The maximum absolute atomic E-state index is 12.5. The monoisotopic (exact) mass is 282 g/mol. The van der Waals surface area contributed by atoms with Gasteiger partial charge in [0.25, 0.3) is 0 Å². The molecule has 0 saturated carbocycles. The van der Waals surface area contributed by atoms with Crippen LogP contribution in [0.1, 0.15) is 26.2 Å². The van der Waals surface area contributed by atoms with Gasteiger partial charge in [0.15, 0.2) is 0 Å². The summed E-state index contributed by atoms with van der Waals surface area (Å²) in [4.78, 5) is 27.1. The van der Waals surface area contributed by atoms with E-state index in [9.17, 15) is 14.7 Å². The van der Waals surface area contributed by atoms with E-state index in [-0.39, 0.29) is 6.03 Å². The lowest BCUT2D eigenvalue weighted by atomic mass is 9.99. The number of carboxylic acid groups (broad SMARTS) is 1. The van der Waals surface area contributed by atoms with Crippen LogP contribution >= 0.6 is 0 Å². The van der Waals surface area contributed by atoms with Crippen LogP contribution in [0.4, 0.5) is 4.79 Å². The molecular formula is C14H22N2O4. The average Bonchev–Trinajstić information content (AvgIpc) is 2.83. The highest BCUT2D eigenvalue weighted by molar-refractivity contribution is 5.86. The van der Waals surface area contributed by atoms with Crippen molar-refractivity contribution in [2.45, 2.75) is 31.7 Å². The second kappa shape index (κ2) is 5.83. The molecule has 1 N–H and O–H groups in total. The van der Waals surface area contributed by atoms with E-state index in [1.54, 1.807) is 18.9 Å². The lowest BCUT2D eigenvalue weighted by Gasteiger charge is -2.36. The normalized spacial score (nSPS) is 26.6. The molecule has 1 unspecified atom stereocenters. The van der Waals surface area contributed by atoms with Crippen molar-refractivity contribution < 1.29 is 19.4 Å². The quantitative estimate of drug-likeness (QED) is 0.793. The second-order valence-electron chi connectivity index (χ2n) is 5.61. The number of rotatable bonds is 3. The number of hydrogen-bond acceptors (Lipinski definition) is 3. The van der Waals surface area contributed by atoms with Crippen molar-refractivity contribution in [3.05, 3.63) is 11.6 Å². The SMILES string of the molecule is COCC1=CCN(C(=O)N2CCCC2(C)C(=O)O)CC1. The molecule has 1 fully saturated rings. The lowest BCUT2D eigenvalue weighted by Crippen LogP contribution is -2.55. The highest BCUT2D eigenvalue weighted by Gasteiger charge is 2.47. The summed E-state index contributed by atoms with van der Waals surface area (Å²) in [6.45, 7) is 3.91. The maximum Gasteiger partial charge on any atom is 0.329 e. The van der Waals surface area contributed by atoms with Crippen molar-refractivity contribution in [2.24, 2.45) is 0 Å². The third-order valence-corrected chi connectivity index (χ3v) is 4.24. The third-order valence-electron chi connectivity index (χ3n) is 4.24. The molecule has 0 radical (unpaired) electrons. The van der Waals surface area contributed by atoms with E-state index in [0.29, 0.717) is 32.7 Å². The lowest BCUT2D eigenvalue weighted by molar-refractivity contribution is -0.147. The summed E-state index contributed by atoms with van der Waals surface area (Å²) >= 11 is 0. The molecule has 6 heteroatoms. The Morgan fingerprint density at radius 2 is 2.20 bits per heavy atom. The minimum atomic E-state index is -1.06. The van der Waals surface area contributed by atoms with Crippen LogP contribution in [0, 0.1) is 0 Å². The minimum absolute atomic E-state index is 0.167. The predicted octanol–water partition coefficient (Wildman–Crippen LogP) is 1.32. The van der Waals surface area contributed by atoms with Gasteiger partial charge in [0.05, 0.1) is 6.61 Å². The van der Waals surface area contributed by atoms with E-state index in [2.05, 4.69) is 0 Å². The first-order valence-corrected chi connectivity index (χ1v) is 6.96. The zero-order valence-corrected chi connectivity index (χ0v) is 12.1. The highest BCUT2D eigenvalue weighted by atomic mass is 16.5. The number of amides is 2. The average molecular weight is 282 g/mol. The zero-order valence-electron chi connectivity index (χ0n) is 12.1.